The molecule has 0 atom stereocenters. The first kappa shape index (κ1) is 24.3. The smallest absolute Gasteiger partial charge is 0.237 e. The highest BCUT2D eigenvalue weighted by Gasteiger charge is 2.16. The van der Waals surface area contributed by atoms with Crippen molar-refractivity contribution in [3.63, 3.8) is 0 Å². The normalized spacial score (nSPS) is 11.6. The van der Waals surface area contributed by atoms with Gasteiger partial charge in [0.05, 0.1) is 22.1 Å². The third-order valence-electron chi connectivity index (χ3n) is 8.26. The van der Waals surface area contributed by atoms with Crippen LogP contribution in [0.2, 0.25) is 0 Å². The predicted octanol–water partition coefficient (Wildman–Crippen LogP) is 7.58. The fraction of sp³-hybridized carbons (Fsp3) is 0. The van der Waals surface area contributed by atoms with Gasteiger partial charge in [-0.2, -0.15) is 0 Å². The van der Waals surface area contributed by atoms with E-state index in [4.69, 9.17) is 0 Å². The summed E-state index contributed by atoms with van der Waals surface area (Å²) in [6.07, 6.45) is 6.13. The van der Waals surface area contributed by atoms with Crippen molar-refractivity contribution >= 4 is 43.6 Å². The summed E-state index contributed by atoms with van der Waals surface area (Å²) in [5, 5.41) is 4.63. The van der Waals surface area contributed by atoms with Crippen LogP contribution in [0.5, 0.6) is 0 Å². The van der Waals surface area contributed by atoms with Crippen LogP contribution in [-0.2, 0) is 0 Å². The summed E-state index contributed by atoms with van der Waals surface area (Å²) in [5.41, 5.74) is 8.85. The fourth-order valence-corrected chi connectivity index (χ4v) is 6.29. The molecule has 8 nitrogen and oxygen atoms in total. The van der Waals surface area contributed by atoms with E-state index in [2.05, 4.69) is 136 Å². The maximum absolute atomic E-state index is 4.42. The minimum Gasteiger partial charge on any atom is -0.278 e. The average Bonchev–Trinajstić information content (AvgIpc) is 3.61. The van der Waals surface area contributed by atoms with Crippen LogP contribution < -0.4 is 0 Å². The molecule has 0 saturated carbocycles. The van der Waals surface area contributed by atoms with Crippen LogP contribution in [0.1, 0.15) is 0 Å². The molecule has 8 heteroatoms. The Bertz CT molecular complexity index is 2310. The maximum Gasteiger partial charge on any atom is 0.237 e. The number of benzene rings is 5. The molecule has 0 bridgehead atoms. The predicted molar refractivity (Wildman–Crippen MR) is 173 cm³/mol. The van der Waals surface area contributed by atoms with Gasteiger partial charge in [0.1, 0.15) is 25.3 Å². The lowest BCUT2D eigenvalue weighted by Gasteiger charge is -2.08. The van der Waals surface area contributed by atoms with Crippen LogP contribution >= 0.6 is 0 Å². The van der Waals surface area contributed by atoms with E-state index in [0.29, 0.717) is 11.9 Å². The summed E-state index contributed by atoms with van der Waals surface area (Å²) in [6.45, 7) is 0. The molecule has 0 amide bonds. The molecule has 0 N–H and O–H groups in total. The highest BCUT2D eigenvalue weighted by molar-refractivity contribution is 6.11. The molecular weight excluding hydrogens is 544 g/mol. The van der Waals surface area contributed by atoms with Gasteiger partial charge in [-0.25, -0.2) is 29.9 Å². The Morgan fingerprint density at radius 2 is 0.705 bits per heavy atom. The first-order valence-corrected chi connectivity index (χ1v) is 14.3. The van der Waals surface area contributed by atoms with Crippen LogP contribution in [0.3, 0.4) is 0 Å². The average molecular weight is 567 g/mol. The second-order valence-electron chi connectivity index (χ2n) is 10.6. The lowest BCUT2D eigenvalue weighted by molar-refractivity contribution is 0.939. The minimum absolute atomic E-state index is 0.608. The fourth-order valence-electron chi connectivity index (χ4n) is 6.29. The van der Waals surface area contributed by atoms with E-state index in [1.54, 1.807) is 0 Å². The van der Waals surface area contributed by atoms with Gasteiger partial charge in [0.25, 0.3) is 0 Å². The van der Waals surface area contributed by atoms with Crippen LogP contribution in [-0.4, -0.2) is 39.0 Å². The SMILES string of the molecule is c1ccc2c(c1)c1cc(-c3ccc(-c4ccc5c(c4)c4ccccc4n5-c4ncncn4)cc3)ccc1n2-c1ncncn1. The Kier molecular flexibility index (Phi) is 5.33. The van der Waals surface area contributed by atoms with Crippen molar-refractivity contribution in [2.45, 2.75) is 0 Å². The first-order chi connectivity index (χ1) is 21.8. The molecule has 206 valence electrons. The van der Waals surface area contributed by atoms with Gasteiger partial charge in [0.2, 0.25) is 11.9 Å². The number of hydrogen-bond acceptors (Lipinski definition) is 6. The number of aromatic nitrogens is 8. The minimum atomic E-state index is 0.608. The highest BCUT2D eigenvalue weighted by atomic mass is 15.2. The van der Waals surface area contributed by atoms with Crippen molar-refractivity contribution in [1.29, 1.82) is 0 Å². The summed E-state index contributed by atoms with van der Waals surface area (Å²) >= 11 is 0. The molecule has 4 heterocycles. The van der Waals surface area contributed by atoms with E-state index in [0.717, 1.165) is 65.9 Å². The standard InChI is InChI=1S/C36H22N8/c1-3-7-31-27(5-1)29-17-25(13-15-33(29)43(31)35-39-19-37-20-40-35)23-9-11-24(12-10-23)26-14-16-34-30(18-26)28-6-2-4-8-32(28)44(34)36-41-21-38-22-42-36/h1-22H. The zero-order chi connectivity index (χ0) is 29.0. The quantitative estimate of drug-likeness (QED) is 0.218. The van der Waals surface area contributed by atoms with Gasteiger partial charge in [-0.1, -0.05) is 72.8 Å². The molecule has 0 fully saturated rings. The molecule has 44 heavy (non-hydrogen) atoms. The van der Waals surface area contributed by atoms with Crippen molar-refractivity contribution in [2.24, 2.45) is 0 Å². The zero-order valence-electron chi connectivity index (χ0n) is 23.3. The molecule has 0 aliphatic rings. The lowest BCUT2D eigenvalue weighted by atomic mass is 9.98. The molecule has 0 aliphatic heterocycles. The third-order valence-corrected chi connectivity index (χ3v) is 8.26. The van der Waals surface area contributed by atoms with E-state index < -0.39 is 0 Å². The Morgan fingerprint density at radius 3 is 1.14 bits per heavy atom. The molecule has 0 radical (unpaired) electrons. The van der Waals surface area contributed by atoms with Gasteiger partial charge in [-0.3, -0.25) is 9.13 Å². The molecule has 0 aliphatic carbocycles. The van der Waals surface area contributed by atoms with Gasteiger partial charge < -0.3 is 0 Å². The molecule has 4 aromatic heterocycles. The van der Waals surface area contributed by atoms with Crippen LogP contribution in [0, 0.1) is 0 Å². The topological polar surface area (TPSA) is 87.2 Å². The van der Waals surface area contributed by atoms with Crippen molar-refractivity contribution < 1.29 is 0 Å². The van der Waals surface area contributed by atoms with Gasteiger partial charge in [0, 0.05) is 21.5 Å². The van der Waals surface area contributed by atoms with E-state index in [1.807, 2.05) is 12.1 Å². The van der Waals surface area contributed by atoms with Gasteiger partial charge in [-0.15, -0.1) is 0 Å². The molecule has 0 saturated heterocycles. The van der Waals surface area contributed by atoms with Crippen molar-refractivity contribution in [3.8, 4) is 34.2 Å². The number of rotatable bonds is 4. The first-order valence-electron chi connectivity index (χ1n) is 14.3. The largest absolute Gasteiger partial charge is 0.278 e. The van der Waals surface area contributed by atoms with Gasteiger partial charge in [-0.05, 0) is 58.7 Å². The Balaban J connectivity index is 1.13. The number of nitrogens with zero attached hydrogens (tertiary/aromatic N) is 8. The van der Waals surface area contributed by atoms with Crippen molar-refractivity contribution in [3.05, 3.63) is 135 Å². The summed E-state index contributed by atoms with van der Waals surface area (Å²) in [5.74, 6) is 1.22. The number of para-hydroxylation sites is 2. The lowest BCUT2D eigenvalue weighted by Crippen LogP contribution is -2.00. The number of fused-ring (bicyclic) bond motifs is 6. The van der Waals surface area contributed by atoms with Gasteiger partial charge in [0.15, 0.2) is 0 Å². The second kappa shape index (κ2) is 9.64. The monoisotopic (exact) mass is 566 g/mol. The van der Waals surface area contributed by atoms with Crippen molar-refractivity contribution in [2.75, 3.05) is 0 Å². The third kappa shape index (κ3) is 3.71. The van der Waals surface area contributed by atoms with Crippen LogP contribution in [0.4, 0.5) is 0 Å². The van der Waals surface area contributed by atoms with E-state index in [1.165, 1.54) is 25.3 Å². The second-order valence-corrected chi connectivity index (χ2v) is 10.6. The highest BCUT2D eigenvalue weighted by Crippen LogP contribution is 2.36. The van der Waals surface area contributed by atoms with E-state index >= 15 is 0 Å². The van der Waals surface area contributed by atoms with Crippen LogP contribution in [0.25, 0.3) is 77.8 Å². The summed E-state index contributed by atoms with van der Waals surface area (Å²) in [7, 11) is 0. The molecule has 0 spiro atoms. The molecule has 9 rings (SSSR count). The Labute approximate surface area is 251 Å². The Hall–Kier alpha value is -6.28. The molecule has 9 aromatic rings. The maximum atomic E-state index is 4.42. The molecule has 0 unspecified atom stereocenters. The summed E-state index contributed by atoms with van der Waals surface area (Å²) in [6, 6.07) is 38.6. The Morgan fingerprint density at radius 1 is 0.341 bits per heavy atom. The van der Waals surface area contributed by atoms with E-state index in [-0.39, 0.29) is 0 Å². The molecular formula is C36H22N8. The zero-order valence-corrected chi connectivity index (χ0v) is 23.3. The molecule has 5 aromatic carbocycles. The van der Waals surface area contributed by atoms with Crippen LogP contribution in [0.15, 0.2) is 135 Å². The van der Waals surface area contributed by atoms with E-state index in [9.17, 15) is 0 Å². The number of hydrogen-bond donors (Lipinski definition) is 0. The van der Waals surface area contributed by atoms with Gasteiger partial charge >= 0.3 is 0 Å². The summed E-state index contributed by atoms with van der Waals surface area (Å²) in [4.78, 5) is 25.7. The van der Waals surface area contributed by atoms with Crippen molar-refractivity contribution in [1.82, 2.24) is 39.0 Å². The summed E-state index contributed by atoms with van der Waals surface area (Å²) < 4.78 is 4.18.